The van der Waals surface area contributed by atoms with Crippen molar-refractivity contribution in [3.05, 3.63) is 27.3 Å². The maximum Gasteiger partial charge on any atom is 0.138 e. The van der Waals surface area contributed by atoms with E-state index in [9.17, 15) is 4.39 Å². The van der Waals surface area contributed by atoms with Crippen LogP contribution in [0.4, 0.5) is 4.39 Å². The summed E-state index contributed by atoms with van der Waals surface area (Å²) in [6.07, 6.45) is 4.22. The third kappa shape index (κ3) is 4.31. The molecule has 0 aliphatic rings. The molecule has 0 N–H and O–H groups in total. The van der Waals surface area contributed by atoms with Crippen LogP contribution in [0, 0.1) is 15.3 Å². The van der Waals surface area contributed by atoms with Gasteiger partial charge in [-0.1, -0.05) is 26.7 Å². The molecular weight excluding hydrogens is 402 g/mol. The van der Waals surface area contributed by atoms with Crippen molar-refractivity contribution in [1.29, 1.82) is 0 Å². The zero-order valence-electron chi connectivity index (χ0n) is 12.5. The summed E-state index contributed by atoms with van der Waals surface area (Å²) in [5.41, 5.74) is 1.75. The summed E-state index contributed by atoms with van der Waals surface area (Å²) < 4.78 is 16.6. The highest BCUT2D eigenvalue weighted by Crippen LogP contribution is 2.23. The van der Waals surface area contributed by atoms with Crippen LogP contribution < -0.4 is 0 Å². The van der Waals surface area contributed by atoms with Crippen LogP contribution in [0.3, 0.4) is 0 Å². The fraction of sp³-hybridized carbons (Fsp3) is 0.562. The molecule has 0 bridgehead atoms. The van der Waals surface area contributed by atoms with E-state index in [1.54, 1.807) is 6.07 Å². The van der Waals surface area contributed by atoms with Crippen molar-refractivity contribution < 1.29 is 4.39 Å². The smallest absolute Gasteiger partial charge is 0.138 e. The number of imidazole rings is 1. The number of rotatable bonds is 7. The zero-order valence-corrected chi connectivity index (χ0v) is 15.4. The van der Waals surface area contributed by atoms with E-state index in [2.05, 4.69) is 23.4 Å². The van der Waals surface area contributed by atoms with Crippen molar-refractivity contribution >= 4 is 45.2 Å². The van der Waals surface area contributed by atoms with Gasteiger partial charge < -0.3 is 4.57 Å². The van der Waals surface area contributed by atoms with Gasteiger partial charge in [-0.2, -0.15) is 0 Å². The van der Waals surface area contributed by atoms with Gasteiger partial charge in [-0.25, -0.2) is 9.37 Å². The van der Waals surface area contributed by atoms with Gasteiger partial charge >= 0.3 is 0 Å². The monoisotopic (exact) mass is 422 g/mol. The van der Waals surface area contributed by atoms with E-state index in [1.807, 2.05) is 28.7 Å². The first-order valence-electron chi connectivity index (χ1n) is 7.43. The molecule has 0 fully saturated rings. The van der Waals surface area contributed by atoms with Crippen molar-refractivity contribution in [2.24, 2.45) is 5.92 Å². The first-order chi connectivity index (χ1) is 10.0. The Morgan fingerprint density at radius 3 is 2.76 bits per heavy atom. The molecule has 0 unspecified atom stereocenters. The minimum atomic E-state index is -0.177. The molecule has 0 radical (unpaired) electrons. The van der Waals surface area contributed by atoms with Gasteiger partial charge in [0.1, 0.15) is 11.6 Å². The number of aromatic nitrogens is 2. The average molecular weight is 423 g/mol. The molecule has 5 heteroatoms. The van der Waals surface area contributed by atoms with Crippen LogP contribution in [0.5, 0.6) is 0 Å². The summed E-state index contributed by atoms with van der Waals surface area (Å²) >= 11 is 7.88. The second-order valence-corrected chi connectivity index (χ2v) is 7.30. The maximum atomic E-state index is 13.8. The molecule has 1 aromatic carbocycles. The van der Waals surface area contributed by atoms with E-state index in [0.717, 1.165) is 42.2 Å². The number of aryl methyl sites for hydroxylation is 2. The molecular formula is C16H21ClFIN2. The first-order valence-corrected chi connectivity index (χ1v) is 9.04. The summed E-state index contributed by atoms with van der Waals surface area (Å²) in [6.45, 7) is 5.36. The van der Waals surface area contributed by atoms with Crippen LogP contribution in [-0.4, -0.2) is 15.4 Å². The van der Waals surface area contributed by atoms with E-state index < -0.39 is 0 Å². The molecule has 1 heterocycles. The average Bonchev–Trinajstić information content (AvgIpc) is 2.73. The van der Waals surface area contributed by atoms with E-state index >= 15 is 0 Å². The van der Waals surface area contributed by atoms with Crippen molar-refractivity contribution in [1.82, 2.24) is 9.55 Å². The van der Waals surface area contributed by atoms with E-state index in [1.165, 1.54) is 12.8 Å². The Kier molecular flexibility index (Phi) is 6.29. The van der Waals surface area contributed by atoms with Gasteiger partial charge in [0, 0.05) is 24.9 Å². The van der Waals surface area contributed by atoms with Crippen LogP contribution in [0.25, 0.3) is 11.0 Å². The van der Waals surface area contributed by atoms with Gasteiger partial charge in [-0.15, -0.1) is 11.6 Å². The van der Waals surface area contributed by atoms with Crippen LogP contribution >= 0.6 is 34.2 Å². The molecule has 0 aliphatic carbocycles. The Hall–Kier alpha value is -0.360. The summed E-state index contributed by atoms with van der Waals surface area (Å²) in [7, 11) is 0. The fourth-order valence-corrected chi connectivity index (χ4v) is 3.14. The van der Waals surface area contributed by atoms with Crippen LogP contribution in [0.2, 0.25) is 0 Å². The van der Waals surface area contributed by atoms with Crippen LogP contribution in [0.15, 0.2) is 12.1 Å². The Labute approximate surface area is 144 Å². The Balaban J connectivity index is 2.25. The lowest BCUT2D eigenvalue weighted by Crippen LogP contribution is -2.05. The summed E-state index contributed by atoms with van der Waals surface area (Å²) in [5.74, 6) is 2.05. The minimum Gasteiger partial charge on any atom is -0.328 e. The summed E-state index contributed by atoms with van der Waals surface area (Å²) in [5, 5.41) is 0. The van der Waals surface area contributed by atoms with Crippen molar-refractivity contribution in [3.63, 3.8) is 0 Å². The molecule has 116 valence electrons. The number of unbranched alkanes of at least 4 members (excludes halogenated alkanes) is 1. The number of halogens is 3. The summed E-state index contributed by atoms with van der Waals surface area (Å²) in [4.78, 5) is 4.63. The normalized spacial score (nSPS) is 11.7. The lowest BCUT2D eigenvalue weighted by Gasteiger charge is -2.09. The predicted octanol–water partition coefficient (Wildman–Crippen LogP) is 5.39. The van der Waals surface area contributed by atoms with Gasteiger partial charge in [0.05, 0.1) is 14.6 Å². The molecule has 21 heavy (non-hydrogen) atoms. The van der Waals surface area contributed by atoms with Gasteiger partial charge in [0.25, 0.3) is 0 Å². The highest BCUT2D eigenvalue weighted by atomic mass is 127. The van der Waals surface area contributed by atoms with E-state index in [4.69, 9.17) is 11.6 Å². The number of fused-ring (bicyclic) bond motifs is 1. The Bertz CT molecular complexity index is 610. The third-order valence-electron chi connectivity index (χ3n) is 3.60. The van der Waals surface area contributed by atoms with Crippen molar-refractivity contribution in [2.45, 2.75) is 46.1 Å². The lowest BCUT2D eigenvalue weighted by atomic mass is 10.1. The second kappa shape index (κ2) is 7.77. The largest absolute Gasteiger partial charge is 0.328 e. The van der Waals surface area contributed by atoms with Gasteiger partial charge in [-0.3, -0.25) is 0 Å². The molecule has 2 rings (SSSR count). The molecule has 0 saturated carbocycles. The second-order valence-electron chi connectivity index (χ2n) is 5.76. The number of nitrogens with zero attached hydrogens (tertiary/aromatic N) is 2. The highest BCUT2D eigenvalue weighted by Gasteiger charge is 2.13. The van der Waals surface area contributed by atoms with Gasteiger partial charge in [0.15, 0.2) is 0 Å². The fourth-order valence-electron chi connectivity index (χ4n) is 2.52. The minimum absolute atomic E-state index is 0.177. The van der Waals surface area contributed by atoms with Crippen LogP contribution in [0.1, 0.15) is 38.9 Å². The molecule has 2 aromatic rings. The Morgan fingerprint density at radius 2 is 2.10 bits per heavy atom. The molecule has 0 aliphatic heterocycles. The lowest BCUT2D eigenvalue weighted by molar-refractivity contribution is 0.507. The van der Waals surface area contributed by atoms with E-state index in [0.29, 0.717) is 9.45 Å². The number of alkyl halides is 1. The zero-order chi connectivity index (χ0) is 15.4. The van der Waals surface area contributed by atoms with Crippen molar-refractivity contribution in [3.8, 4) is 0 Å². The quantitative estimate of drug-likeness (QED) is 0.332. The van der Waals surface area contributed by atoms with Gasteiger partial charge in [0.2, 0.25) is 0 Å². The SMILES string of the molecule is CC(C)CCCCn1c(CCCl)nc2cc(I)c(F)cc21. The first kappa shape index (κ1) is 17.0. The molecule has 0 amide bonds. The highest BCUT2D eigenvalue weighted by molar-refractivity contribution is 14.1. The van der Waals surface area contributed by atoms with Crippen molar-refractivity contribution in [2.75, 3.05) is 5.88 Å². The number of hydrogen-bond acceptors (Lipinski definition) is 1. The maximum absolute atomic E-state index is 13.8. The summed E-state index contributed by atoms with van der Waals surface area (Å²) in [6, 6.07) is 3.41. The standard InChI is InChI=1S/C16H21ClFIN2/c1-11(2)5-3-4-8-21-15-9-12(18)13(19)10-14(15)20-16(21)6-7-17/h9-11H,3-8H2,1-2H3. The number of hydrogen-bond donors (Lipinski definition) is 0. The Morgan fingerprint density at radius 1 is 1.33 bits per heavy atom. The molecule has 1 aromatic heterocycles. The van der Waals surface area contributed by atoms with Gasteiger partial charge in [-0.05, 0) is 41.0 Å². The molecule has 2 nitrogen and oxygen atoms in total. The number of benzene rings is 1. The third-order valence-corrected chi connectivity index (χ3v) is 4.62. The van der Waals surface area contributed by atoms with E-state index in [-0.39, 0.29) is 5.82 Å². The molecule has 0 saturated heterocycles. The molecule has 0 atom stereocenters. The topological polar surface area (TPSA) is 17.8 Å². The molecule has 0 spiro atoms. The predicted molar refractivity (Wildman–Crippen MR) is 95.5 cm³/mol. The van der Waals surface area contributed by atoms with Crippen LogP contribution in [-0.2, 0) is 13.0 Å².